The van der Waals surface area contributed by atoms with Gasteiger partial charge in [-0.15, -0.1) is 16.8 Å². The van der Waals surface area contributed by atoms with E-state index in [1.54, 1.807) is 6.08 Å². The quantitative estimate of drug-likeness (QED) is 0.609. The molecule has 0 spiro atoms. The predicted molar refractivity (Wildman–Crippen MR) is 73.3 cm³/mol. The lowest BCUT2D eigenvalue weighted by Gasteiger charge is -2.15. The summed E-state index contributed by atoms with van der Waals surface area (Å²) in [5, 5.41) is 17.2. The Balaban J connectivity index is 2.29. The molecule has 0 aromatic carbocycles. The van der Waals surface area contributed by atoms with Gasteiger partial charge in [0.15, 0.2) is 6.23 Å². The lowest BCUT2D eigenvalue weighted by Crippen LogP contribution is -2.34. The number of rotatable bonds is 5. The van der Waals surface area contributed by atoms with E-state index < -0.39 is 22.1 Å². The number of amides is 2. The second-order valence-corrected chi connectivity index (χ2v) is 7.49. The number of sulfone groups is 1. The molecule has 1 atom stereocenters. The maximum Gasteiger partial charge on any atom is 0.329 e. The smallest absolute Gasteiger partial charge is 0.329 e. The number of anilines is 1. The van der Waals surface area contributed by atoms with E-state index in [2.05, 4.69) is 16.8 Å². The molecule has 20 heavy (non-hydrogen) atoms. The van der Waals surface area contributed by atoms with E-state index in [1.807, 2.05) is 0 Å². The fourth-order valence-electron chi connectivity index (χ4n) is 1.70. The molecule has 1 saturated heterocycles. The van der Waals surface area contributed by atoms with E-state index in [9.17, 15) is 18.3 Å². The third kappa shape index (κ3) is 2.53. The highest BCUT2D eigenvalue weighted by atomic mass is 32.2. The van der Waals surface area contributed by atoms with Gasteiger partial charge in [-0.25, -0.2) is 18.1 Å². The van der Waals surface area contributed by atoms with Crippen molar-refractivity contribution in [1.82, 2.24) is 15.1 Å². The Morgan fingerprint density at radius 1 is 1.55 bits per heavy atom. The highest BCUT2D eigenvalue weighted by molar-refractivity contribution is 7.93. The van der Waals surface area contributed by atoms with Crippen molar-refractivity contribution in [2.24, 2.45) is 0 Å². The van der Waals surface area contributed by atoms with Crippen LogP contribution < -0.4 is 4.90 Å². The maximum atomic E-state index is 12.1. The van der Waals surface area contributed by atoms with Crippen molar-refractivity contribution in [2.75, 3.05) is 23.7 Å². The fourth-order valence-corrected chi connectivity index (χ4v) is 3.82. The number of aliphatic hydroxyl groups is 1. The Labute approximate surface area is 120 Å². The molecule has 1 unspecified atom stereocenters. The third-order valence-corrected chi connectivity index (χ3v) is 5.86. The molecule has 1 aliphatic heterocycles. The molecule has 110 valence electrons. The minimum Gasteiger partial charge on any atom is -0.371 e. The molecule has 0 bridgehead atoms. The summed E-state index contributed by atoms with van der Waals surface area (Å²) in [6.07, 6.45) is 0.467. The van der Waals surface area contributed by atoms with Gasteiger partial charge in [0.05, 0.1) is 12.3 Å². The number of carbonyl (C=O) groups excluding carboxylic acids is 1. The number of hydrogen-bond donors (Lipinski definition) is 1. The highest BCUT2D eigenvalue weighted by Gasteiger charge is 2.39. The van der Waals surface area contributed by atoms with E-state index in [-0.39, 0.29) is 21.8 Å². The van der Waals surface area contributed by atoms with Crippen molar-refractivity contribution in [2.45, 2.75) is 17.5 Å². The molecule has 1 aromatic heterocycles. The van der Waals surface area contributed by atoms with E-state index >= 15 is 0 Å². The summed E-state index contributed by atoms with van der Waals surface area (Å²) in [7, 11) is -3.47. The van der Waals surface area contributed by atoms with Crippen molar-refractivity contribution >= 4 is 32.3 Å². The molecule has 2 heterocycles. The van der Waals surface area contributed by atoms with Crippen LogP contribution in [0.25, 0.3) is 0 Å². The Hall–Kier alpha value is -1.52. The second-order valence-electron chi connectivity index (χ2n) is 4.08. The van der Waals surface area contributed by atoms with Gasteiger partial charge in [0.25, 0.3) is 0 Å². The normalized spacial score (nSPS) is 19.7. The number of aromatic nitrogens is 2. The number of hydrogen-bond acceptors (Lipinski definition) is 7. The first-order chi connectivity index (χ1) is 9.40. The van der Waals surface area contributed by atoms with Gasteiger partial charge in [0.1, 0.15) is 0 Å². The monoisotopic (exact) mass is 318 g/mol. The number of urea groups is 1. The lowest BCUT2D eigenvalue weighted by atomic mass is 10.5. The van der Waals surface area contributed by atoms with Crippen LogP contribution in [-0.4, -0.2) is 59.7 Å². The van der Waals surface area contributed by atoms with Gasteiger partial charge in [0.2, 0.25) is 19.3 Å². The molecular weight excluding hydrogens is 304 g/mol. The Bertz CT molecular complexity index is 627. The summed E-state index contributed by atoms with van der Waals surface area (Å²) in [6, 6.07) is -0.450. The van der Waals surface area contributed by atoms with Crippen LogP contribution in [0.15, 0.2) is 17.0 Å². The number of aliphatic hydroxyl groups excluding tert-OH is 1. The molecule has 0 radical (unpaired) electrons. The van der Waals surface area contributed by atoms with Crippen molar-refractivity contribution in [1.29, 1.82) is 0 Å². The van der Waals surface area contributed by atoms with Crippen LogP contribution in [0.5, 0.6) is 0 Å². The Morgan fingerprint density at radius 2 is 2.25 bits per heavy atom. The first kappa shape index (κ1) is 14.9. The van der Waals surface area contributed by atoms with Gasteiger partial charge in [0, 0.05) is 6.54 Å². The van der Waals surface area contributed by atoms with Gasteiger partial charge < -0.3 is 10.0 Å². The molecule has 1 N–H and O–H groups in total. The van der Waals surface area contributed by atoms with Crippen LogP contribution in [0.4, 0.5) is 9.93 Å². The fraction of sp³-hybridized carbons (Fsp3) is 0.500. The van der Waals surface area contributed by atoms with Gasteiger partial charge >= 0.3 is 6.03 Å². The molecule has 1 fully saturated rings. The first-order valence-electron chi connectivity index (χ1n) is 5.84. The molecule has 8 nitrogen and oxygen atoms in total. The number of nitrogens with zero attached hydrogens (tertiary/aromatic N) is 4. The summed E-state index contributed by atoms with van der Waals surface area (Å²) < 4.78 is 23.2. The molecule has 0 aliphatic carbocycles. The van der Waals surface area contributed by atoms with E-state index in [0.29, 0.717) is 6.54 Å². The summed E-state index contributed by atoms with van der Waals surface area (Å²) in [5.74, 6) is -0.0965. The van der Waals surface area contributed by atoms with Gasteiger partial charge in [-0.3, -0.25) is 0 Å². The highest BCUT2D eigenvalue weighted by Crippen LogP contribution is 2.29. The molecule has 2 amide bonds. The second kappa shape index (κ2) is 5.46. The standard InChI is InChI=1S/C10H14N4O4S2/c1-3-5-13-6-7(15)14(10(13)16)8-11-12-9(19-8)20(17,18)4-2/h3,7,15H,1,4-6H2,2H3. The summed E-state index contributed by atoms with van der Waals surface area (Å²) in [6.45, 7) is 5.44. The van der Waals surface area contributed by atoms with Crippen molar-refractivity contribution in [3.8, 4) is 0 Å². The molecule has 2 rings (SSSR count). The average molecular weight is 318 g/mol. The predicted octanol–water partition coefficient (Wildman–Crippen LogP) is 0.0781. The van der Waals surface area contributed by atoms with Crippen LogP contribution in [0, 0.1) is 0 Å². The van der Waals surface area contributed by atoms with Crippen molar-refractivity contribution in [3.05, 3.63) is 12.7 Å². The van der Waals surface area contributed by atoms with Gasteiger partial charge in [-0.05, 0) is 0 Å². The first-order valence-corrected chi connectivity index (χ1v) is 8.31. The Morgan fingerprint density at radius 3 is 2.85 bits per heavy atom. The zero-order chi connectivity index (χ0) is 14.9. The minimum atomic E-state index is -3.47. The minimum absolute atomic E-state index is 0.0705. The average Bonchev–Trinajstić information content (AvgIpc) is 2.97. The Kier molecular flexibility index (Phi) is 4.06. The number of carbonyl (C=O) groups is 1. The zero-order valence-electron chi connectivity index (χ0n) is 10.8. The summed E-state index contributed by atoms with van der Waals surface area (Å²) in [4.78, 5) is 14.5. The largest absolute Gasteiger partial charge is 0.371 e. The van der Waals surface area contributed by atoms with E-state index in [4.69, 9.17) is 0 Å². The molecule has 0 saturated carbocycles. The number of β-amino-alcohol motifs (C(OH)–C–C–N with tert-alkyl or cyclic N) is 1. The lowest BCUT2D eigenvalue weighted by molar-refractivity contribution is 0.180. The summed E-state index contributed by atoms with van der Waals surface area (Å²) >= 11 is 0.772. The van der Waals surface area contributed by atoms with Crippen molar-refractivity contribution in [3.63, 3.8) is 0 Å². The maximum absolute atomic E-state index is 12.1. The van der Waals surface area contributed by atoms with Crippen LogP contribution in [-0.2, 0) is 9.84 Å². The SMILES string of the molecule is C=CCN1CC(O)N(c2nnc(S(=O)(=O)CC)s2)C1=O. The molecule has 10 heteroatoms. The molecular formula is C10H14N4O4S2. The topological polar surface area (TPSA) is 104 Å². The van der Waals surface area contributed by atoms with Gasteiger partial charge in [-0.1, -0.05) is 24.3 Å². The van der Waals surface area contributed by atoms with Crippen molar-refractivity contribution < 1.29 is 18.3 Å². The molecule has 1 aliphatic rings. The molecule has 1 aromatic rings. The van der Waals surface area contributed by atoms with Gasteiger partial charge in [-0.2, -0.15) is 0 Å². The van der Waals surface area contributed by atoms with E-state index in [0.717, 1.165) is 16.2 Å². The summed E-state index contributed by atoms with van der Waals surface area (Å²) in [5.41, 5.74) is 0. The van der Waals surface area contributed by atoms with Crippen LogP contribution >= 0.6 is 11.3 Å². The zero-order valence-corrected chi connectivity index (χ0v) is 12.4. The van der Waals surface area contributed by atoms with E-state index in [1.165, 1.54) is 11.8 Å². The van der Waals surface area contributed by atoms with Crippen LogP contribution in [0.3, 0.4) is 0 Å². The third-order valence-electron chi connectivity index (χ3n) is 2.76. The van der Waals surface area contributed by atoms with Crippen LogP contribution in [0.2, 0.25) is 0 Å². The van der Waals surface area contributed by atoms with Crippen LogP contribution in [0.1, 0.15) is 6.92 Å².